The summed E-state index contributed by atoms with van der Waals surface area (Å²) in [7, 11) is -9.44. The molecule has 0 spiro atoms. The van der Waals surface area contributed by atoms with Crippen LogP contribution in [0.1, 0.15) is 72.2 Å². The molecule has 4 aromatic heterocycles. The highest BCUT2D eigenvalue weighted by atomic mass is 32.1. The average molecular weight is 1090 g/mol. The molecule has 8 aromatic rings. The number of thiazole rings is 2. The van der Waals surface area contributed by atoms with Gasteiger partial charge in [-0.2, -0.15) is 0 Å². The molecule has 388 valence electrons. The molecule has 0 bridgehead atoms. The van der Waals surface area contributed by atoms with Crippen molar-refractivity contribution >= 4 is 59.0 Å². The van der Waals surface area contributed by atoms with Crippen molar-refractivity contribution in [3.8, 4) is 21.1 Å². The predicted octanol–water partition coefficient (Wildman–Crippen LogP) is 8.62. The van der Waals surface area contributed by atoms with E-state index in [1.165, 1.54) is 45.9 Å². The zero-order valence-corrected chi connectivity index (χ0v) is 43.2. The SMILES string of the molecule is N[C@@](CO)(CCc1ccc(-c2nc3ccc(C4(c5ccccc5)CC4)nc3s2)c(F)c1)COP(=O)(O)O.N[C@](CO)(CCc1ccc(-c2nc3ccc(C4(c5ccccc5)CC4)nc3s2)c(F)c1)COP(=O)(O)O. The highest BCUT2D eigenvalue weighted by Crippen LogP contribution is 2.54. The van der Waals surface area contributed by atoms with E-state index in [0.717, 1.165) is 57.8 Å². The molecule has 2 atom stereocenters. The maximum atomic E-state index is 15.1. The summed E-state index contributed by atoms with van der Waals surface area (Å²) in [6.45, 7) is -2.14. The number of aromatic nitrogens is 4. The van der Waals surface area contributed by atoms with Crippen LogP contribution in [-0.4, -0.2) is 87.2 Å². The molecule has 10 rings (SSSR count). The van der Waals surface area contributed by atoms with Gasteiger partial charge >= 0.3 is 15.6 Å². The summed E-state index contributed by atoms with van der Waals surface area (Å²) in [6.07, 6.45) is 5.02. The number of halogens is 2. The largest absolute Gasteiger partial charge is 0.469 e. The number of fused-ring (bicyclic) bond motifs is 2. The van der Waals surface area contributed by atoms with E-state index in [4.69, 9.17) is 41.0 Å². The lowest BCUT2D eigenvalue weighted by Crippen LogP contribution is -2.48. The van der Waals surface area contributed by atoms with Crippen LogP contribution in [0, 0.1) is 11.6 Å². The van der Waals surface area contributed by atoms with Gasteiger partial charge in [0.25, 0.3) is 0 Å². The molecule has 0 aliphatic heterocycles. The Morgan fingerprint density at radius 3 is 1.26 bits per heavy atom. The Balaban J connectivity index is 0.000000182. The Morgan fingerprint density at radius 2 is 0.932 bits per heavy atom. The van der Waals surface area contributed by atoms with Crippen LogP contribution in [0.25, 0.3) is 41.8 Å². The van der Waals surface area contributed by atoms with Gasteiger partial charge < -0.3 is 41.3 Å². The Labute approximate surface area is 432 Å². The number of hydrogen-bond acceptors (Lipinski definition) is 14. The number of pyridine rings is 2. The molecule has 10 N–H and O–H groups in total. The lowest BCUT2D eigenvalue weighted by molar-refractivity contribution is 0.101. The number of hydrogen-bond donors (Lipinski definition) is 8. The molecule has 74 heavy (non-hydrogen) atoms. The molecule has 2 aliphatic rings. The molecular weight excluding hydrogens is 1030 g/mol. The summed E-state index contributed by atoms with van der Waals surface area (Å²) in [5.74, 6) is -0.893. The minimum Gasteiger partial charge on any atom is -0.394 e. The van der Waals surface area contributed by atoms with E-state index in [1.54, 1.807) is 24.3 Å². The Hall–Kier alpha value is -5.12. The number of aryl methyl sites for hydroxylation is 2. The van der Waals surface area contributed by atoms with Crippen LogP contribution in [0.5, 0.6) is 0 Å². The first-order valence-electron chi connectivity index (χ1n) is 23.7. The van der Waals surface area contributed by atoms with Crippen LogP contribution in [-0.2, 0) is 41.8 Å². The van der Waals surface area contributed by atoms with Crippen LogP contribution in [0.2, 0.25) is 0 Å². The third-order valence-corrected chi connectivity index (χ3v) is 16.6. The normalized spacial score (nSPS) is 16.6. The second kappa shape index (κ2) is 21.5. The highest BCUT2D eigenvalue weighted by Gasteiger charge is 2.48. The van der Waals surface area contributed by atoms with Gasteiger partial charge in [0.05, 0.1) is 48.9 Å². The van der Waals surface area contributed by atoms with Crippen LogP contribution in [0.3, 0.4) is 0 Å². The number of phosphoric acid groups is 2. The molecule has 2 fully saturated rings. The van der Waals surface area contributed by atoms with Gasteiger partial charge in [0.1, 0.15) is 42.3 Å². The van der Waals surface area contributed by atoms with Crippen molar-refractivity contribution in [3.63, 3.8) is 0 Å². The fourth-order valence-electron chi connectivity index (χ4n) is 8.93. The standard InChI is InChI=1S/2C26H27FN3O5PS/c2*27-20-14-17(10-11-25(28,15-31)16-35-36(32,33)34)6-7-19(20)23-29-21-8-9-22(30-24(21)37-23)26(12-13-26)18-4-2-1-3-5-18/h2*1-9,14,31H,10-13,15-16,28H2,(H2,32,33,34)/t2*25-/m10/s1. The molecule has 4 heterocycles. The number of benzene rings is 4. The van der Waals surface area contributed by atoms with E-state index >= 15 is 8.78 Å². The Bertz CT molecular complexity index is 3170. The van der Waals surface area contributed by atoms with Crippen molar-refractivity contribution in [2.24, 2.45) is 11.5 Å². The molecular formula is C52H54F2N6O10P2S2. The Morgan fingerprint density at radius 1 is 0.554 bits per heavy atom. The van der Waals surface area contributed by atoms with Crippen molar-refractivity contribution in [1.82, 2.24) is 19.9 Å². The third-order valence-electron chi connectivity index (χ3n) is 13.7. The second-order valence-electron chi connectivity index (χ2n) is 19.2. The van der Waals surface area contributed by atoms with Crippen molar-refractivity contribution in [2.45, 2.75) is 73.3 Å². The van der Waals surface area contributed by atoms with Crippen LogP contribution in [0.4, 0.5) is 8.78 Å². The minimum absolute atomic E-state index is 0.0599. The van der Waals surface area contributed by atoms with Gasteiger partial charge in [-0.3, -0.25) is 9.05 Å². The van der Waals surface area contributed by atoms with E-state index in [0.29, 0.717) is 32.3 Å². The first kappa shape index (κ1) is 53.7. The van der Waals surface area contributed by atoms with Gasteiger partial charge in [-0.1, -0.05) is 95.5 Å². The molecule has 0 unspecified atom stereocenters. The lowest BCUT2D eigenvalue weighted by atomic mass is 9.92. The zero-order valence-electron chi connectivity index (χ0n) is 39.8. The van der Waals surface area contributed by atoms with Crippen molar-refractivity contribution in [1.29, 1.82) is 0 Å². The quantitative estimate of drug-likeness (QED) is 0.0332. The summed E-state index contributed by atoms with van der Waals surface area (Å²) in [5.41, 5.74) is 17.1. The third kappa shape index (κ3) is 12.4. The first-order chi connectivity index (χ1) is 35.2. The smallest absolute Gasteiger partial charge is 0.394 e. The number of phosphoric ester groups is 2. The summed E-state index contributed by atoms with van der Waals surface area (Å²) in [4.78, 5) is 56.1. The Kier molecular flexibility index (Phi) is 15.6. The maximum absolute atomic E-state index is 15.1. The number of nitrogens with zero attached hydrogens (tertiary/aromatic N) is 4. The molecule has 0 amide bonds. The van der Waals surface area contributed by atoms with E-state index in [9.17, 15) is 19.3 Å². The molecule has 0 radical (unpaired) electrons. The summed E-state index contributed by atoms with van der Waals surface area (Å²) < 4.78 is 61.1. The van der Waals surface area contributed by atoms with E-state index in [1.807, 2.05) is 60.7 Å². The number of nitrogens with two attached hydrogens (primary N) is 2. The van der Waals surface area contributed by atoms with Gasteiger partial charge in [-0.15, -0.1) is 0 Å². The van der Waals surface area contributed by atoms with Gasteiger partial charge in [0.2, 0.25) is 0 Å². The lowest BCUT2D eigenvalue weighted by Gasteiger charge is -2.27. The van der Waals surface area contributed by atoms with Gasteiger partial charge in [-0.05, 0) is 122 Å². The van der Waals surface area contributed by atoms with Gasteiger partial charge in [-0.25, -0.2) is 37.8 Å². The summed E-state index contributed by atoms with van der Waals surface area (Å²) in [5, 5.41) is 20.2. The monoisotopic (exact) mass is 1090 g/mol. The van der Waals surface area contributed by atoms with Crippen molar-refractivity contribution in [2.75, 3.05) is 26.4 Å². The molecule has 16 nitrogen and oxygen atoms in total. The van der Waals surface area contributed by atoms with E-state index < -0.39 is 64.8 Å². The molecule has 4 aromatic carbocycles. The molecule has 0 saturated heterocycles. The van der Waals surface area contributed by atoms with Crippen molar-refractivity contribution < 1.29 is 56.7 Å². The van der Waals surface area contributed by atoms with Crippen LogP contribution >= 0.6 is 38.3 Å². The topological polar surface area (TPSA) is 278 Å². The summed E-state index contributed by atoms with van der Waals surface area (Å²) in [6, 6.07) is 38.2. The minimum atomic E-state index is -4.72. The van der Waals surface area contributed by atoms with Gasteiger partial charge in [0.15, 0.2) is 0 Å². The first-order valence-corrected chi connectivity index (χ1v) is 28.4. The zero-order chi connectivity index (χ0) is 52.5. The van der Waals surface area contributed by atoms with Gasteiger partial charge in [0, 0.05) is 22.0 Å². The molecule has 2 saturated carbocycles. The average Bonchev–Trinajstić information content (AvgIpc) is 4.30. The fraction of sp³-hybridized carbons (Fsp3) is 0.308. The second-order valence-corrected chi connectivity index (χ2v) is 23.6. The number of aliphatic hydroxyl groups is 2. The fourth-order valence-corrected chi connectivity index (χ4v) is 11.7. The number of rotatable bonds is 20. The van der Waals surface area contributed by atoms with E-state index in [-0.39, 0.29) is 36.5 Å². The number of aliphatic hydroxyl groups excluding tert-OH is 2. The highest BCUT2D eigenvalue weighted by molar-refractivity contribution is 7.46. The van der Waals surface area contributed by atoms with E-state index in [2.05, 4.69) is 43.3 Å². The predicted molar refractivity (Wildman–Crippen MR) is 279 cm³/mol. The molecule has 2 aliphatic carbocycles. The van der Waals surface area contributed by atoms with Crippen LogP contribution in [0.15, 0.2) is 121 Å². The summed E-state index contributed by atoms with van der Waals surface area (Å²) >= 11 is 2.70. The molecule has 22 heteroatoms. The maximum Gasteiger partial charge on any atom is 0.469 e. The van der Waals surface area contributed by atoms with Crippen molar-refractivity contribution in [3.05, 3.63) is 167 Å². The van der Waals surface area contributed by atoms with Crippen LogP contribution < -0.4 is 11.5 Å².